The molecule has 0 saturated carbocycles. The number of aryl methyl sites for hydroxylation is 1. The number of aromatic nitrogens is 3. The molecule has 4 aromatic rings. The summed E-state index contributed by atoms with van der Waals surface area (Å²) in [7, 11) is 0. The molecule has 2 bridgehead atoms. The first kappa shape index (κ1) is 25.3. The highest BCUT2D eigenvalue weighted by Gasteiger charge is 2.45. The van der Waals surface area contributed by atoms with Gasteiger partial charge >= 0.3 is 6.01 Å². The molecule has 4 aliphatic heterocycles. The van der Waals surface area contributed by atoms with Crippen LogP contribution in [0.15, 0.2) is 36.5 Å². The number of ether oxygens (including phenoxy) is 1. The average Bonchev–Trinajstić information content (AvgIpc) is 3.74. The number of aromatic hydroxyl groups is 1. The lowest BCUT2D eigenvalue weighted by atomic mass is 9.94. The van der Waals surface area contributed by atoms with Crippen molar-refractivity contribution in [2.75, 3.05) is 37.7 Å². The number of hydrogen-bond donors (Lipinski definition) is 2. The monoisotopic (exact) mass is 556 g/mol. The Balaban J connectivity index is 1.25. The van der Waals surface area contributed by atoms with Crippen molar-refractivity contribution in [3.8, 4) is 22.9 Å². The van der Waals surface area contributed by atoms with Crippen molar-refractivity contribution in [1.29, 1.82) is 0 Å². The van der Waals surface area contributed by atoms with E-state index < -0.39 is 0 Å². The SMILES string of the molecule is CCc1c(F)ccc2cc(O)cc(-c3cc4c(N5CC6CCC(C5)N6)nc(OCC56CCCN5CCC6)nn4c3)c12. The minimum atomic E-state index is -0.226. The zero-order valence-corrected chi connectivity index (χ0v) is 23.6. The van der Waals surface area contributed by atoms with Gasteiger partial charge in [-0.25, -0.2) is 8.91 Å². The van der Waals surface area contributed by atoms with Crippen molar-refractivity contribution in [3.63, 3.8) is 0 Å². The van der Waals surface area contributed by atoms with Crippen LogP contribution in [-0.4, -0.2) is 75.0 Å². The van der Waals surface area contributed by atoms with E-state index in [-0.39, 0.29) is 17.1 Å². The molecular weight excluding hydrogens is 519 g/mol. The van der Waals surface area contributed by atoms with Crippen LogP contribution in [0.5, 0.6) is 11.8 Å². The lowest BCUT2D eigenvalue weighted by molar-refractivity contribution is 0.106. The largest absolute Gasteiger partial charge is 0.508 e. The van der Waals surface area contributed by atoms with Gasteiger partial charge in [0.05, 0.1) is 5.54 Å². The zero-order chi connectivity index (χ0) is 27.7. The lowest BCUT2D eigenvalue weighted by Crippen LogP contribution is -2.51. The molecule has 0 radical (unpaired) electrons. The summed E-state index contributed by atoms with van der Waals surface area (Å²) in [5, 5.41) is 20.8. The Morgan fingerprint density at radius 1 is 1.10 bits per heavy atom. The maximum absolute atomic E-state index is 14.9. The van der Waals surface area contributed by atoms with Crippen LogP contribution in [0.3, 0.4) is 0 Å². The number of anilines is 1. The third-order valence-corrected chi connectivity index (χ3v) is 10.0. The molecule has 4 saturated heterocycles. The molecule has 2 aromatic carbocycles. The Morgan fingerprint density at radius 2 is 1.88 bits per heavy atom. The zero-order valence-electron chi connectivity index (χ0n) is 23.6. The van der Waals surface area contributed by atoms with Gasteiger partial charge in [-0.1, -0.05) is 13.0 Å². The quantitative estimate of drug-likeness (QED) is 0.350. The van der Waals surface area contributed by atoms with Gasteiger partial charge in [-0.2, -0.15) is 4.98 Å². The number of halogens is 1. The number of nitrogens with zero attached hydrogens (tertiary/aromatic N) is 5. The van der Waals surface area contributed by atoms with Crippen LogP contribution in [0, 0.1) is 5.82 Å². The van der Waals surface area contributed by atoms with Gasteiger partial charge in [0, 0.05) is 36.9 Å². The third-order valence-electron chi connectivity index (χ3n) is 10.0. The van der Waals surface area contributed by atoms with E-state index in [2.05, 4.69) is 21.2 Å². The standard InChI is InChI=1S/C32H37FN6O2/c1-2-25-27(33)8-5-20-13-24(40)15-26(29(20)25)21-14-28-30(37-17-22-6-7-23(18-37)34-22)35-31(36-39(28)16-21)41-19-32-9-3-11-38(32)12-4-10-32/h5,8,13-16,22-23,34,40H,2-4,6-7,9-12,17-19H2,1H3. The van der Waals surface area contributed by atoms with E-state index in [0.717, 1.165) is 72.3 Å². The minimum Gasteiger partial charge on any atom is -0.508 e. The fourth-order valence-corrected chi connectivity index (χ4v) is 8.11. The molecule has 4 fully saturated rings. The van der Waals surface area contributed by atoms with Crippen molar-refractivity contribution >= 4 is 22.1 Å². The van der Waals surface area contributed by atoms with Crippen LogP contribution in [0.1, 0.15) is 51.0 Å². The van der Waals surface area contributed by atoms with Crippen LogP contribution in [0.4, 0.5) is 10.2 Å². The molecule has 2 atom stereocenters. The molecule has 214 valence electrons. The van der Waals surface area contributed by atoms with Gasteiger partial charge in [-0.05, 0) is 104 Å². The summed E-state index contributed by atoms with van der Waals surface area (Å²) in [5.74, 6) is 0.802. The molecule has 8 nitrogen and oxygen atoms in total. The Kier molecular flexibility index (Phi) is 5.90. The first-order chi connectivity index (χ1) is 20.0. The average molecular weight is 557 g/mol. The first-order valence-corrected chi connectivity index (χ1v) is 15.2. The molecule has 8 rings (SSSR count). The first-order valence-electron chi connectivity index (χ1n) is 15.2. The highest BCUT2D eigenvalue weighted by Crippen LogP contribution is 2.41. The molecule has 0 aliphatic carbocycles. The van der Waals surface area contributed by atoms with Crippen LogP contribution < -0.4 is 15.0 Å². The maximum atomic E-state index is 14.9. The fourth-order valence-electron chi connectivity index (χ4n) is 8.11. The van der Waals surface area contributed by atoms with Crippen molar-refractivity contribution in [2.24, 2.45) is 0 Å². The number of benzene rings is 2. The van der Waals surface area contributed by atoms with Crippen molar-refractivity contribution < 1.29 is 14.2 Å². The number of phenols is 1. The van der Waals surface area contributed by atoms with Gasteiger partial charge in [-0.15, -0.1) is 5.10 Å². The van der Waals surface area contributed by atoms with E-state index in [1.807, 2.05) is 17.6 Å². The predicted molar refractivity (Wildman–Crippen MR) is 157 cm³/mol. The van der Waals surface area contributed by atoms with Gasteiger partial charge in [0.1, 0.15) is 23.7 Å². The van der Waals surface area contributed by atoms with Crippen molar-refractivity contribution in [1.82, 2.24) is 24.8 Å². The van der Waals surface area contributed by atoms with E-state index in [1.54, 1.807) is 18.2 Å². The van der Waals surface area contributed by atoms with E-state index in [4.69, 9.17) is 14.8 Å². The Bertz CT molecular complexity index is 1630. The minimum absolute atomic E-state index is 0.107. The second-order valence-corrected chi connectivity index (χ2v) is 12.5. The molecule has 41 heavy (non-hydrogen) atoms. The molecule has 2 aromatic heterocycles. The van der Waals surface area contributed by atoms with Gasteiger partial charge in [0.2, 0.25) is 0 Å². The second kappa shape index (κ2) is 9.56. The molecule has 2 N–H and O–H groups in total. The van der Waals surface area contributed by atoms with Crippen molar-refractivity contribution in [3.05, 3.63) is 47.9 Å². The number of fused-ring (bicyclic) bond motifs is 5. The van der Waals surface area contributed by atoms with Gasteiger partial charge in [0.25, 0.3) is 0 Å². The van der Waals surface area contributed by atoms with E-state index in [9.17, 15) is 9.50 Å². The summed E-state index contributed by atoms with van der Waals surface area (Å²) < 4.78 is 23.3. The summed E-state index contributed by atoms with van der Waals surface area (Å²) in [4.78, 5) is 10.0. The molecular formula is C32H37FN6O2. The van der Waals surface area contributed by atoms with Crippen molar-refractivity contribution in [2.45, 2.75) is 69.5 Å². The van der Waals surface area contributed by atoms with E-state index in [0.29, 0.717) is 36.7 Å². The Hall–Kier alpha value is -3.43. The van der Waals surface area contributed by atoms with Crippen LogP contribution in [0.25, 0.3) is 27.4 Å². The highest BCUT2D eigenvalue weighted by molar-refractivity contribution is 6.01. The summed E-state index contributed by atoms with van der Waals surface area (Å²) in [6.45, 7) is 6.65. The van der Waals surface area contributed by atoms with Crippen LogP contribution in [-0.2, 0) is 6.42 Å². The predicted octanol–water partition coefficient (Wildman–Crippen LogP) is 4.90. The number of hydrogen-bond acceptors (Lipinski definition) is 7. The molecule has 4 aliphatic rings. The number of piperazine rings is 1. The summed E-state index contributed by atoms with van der Waals surface area (Å²) in [6, 6.07) is 10.1. The topological polar surface area (TPSA) is 78.2 Å². The molecule has 6 heterocycles. The number of nitrogens with one attached hydrogen (secondary N) is 1. The summed E-state index contributed by atoms with van der Waals surface area (Å²) >= 11 is 0. The third kappa shape index (κ3) is 4.15. The van der Waals surface area contributed by atoms with Crippen LogP contribution in [0.2, 0.25) is 0 Å². The van der Waals surface area contributed by atoms with E-state index in [1.165, 1.54) is 31.7 Å². The van der Waals surface area contributed by atoms with Gasteiger partial charge < -0.3 is 20.1 Å². The highest BCUT2D eigenvalue weighted by atomic mass is 19.1. The lowest BCUT2D eigenvalue weighted by Gasteiger charge is -2.34. The Labute approximate surface area is 239 Å². The number of phenolic OH excluding ortho intramolecular Hbond substituents is 1. The number of rotatable bonds is 6. The van der Waals surface area contributed by atoms with Crippen LogP contribution >= 0.6 is 0 Å². The molecule has 2 unspecified atom stereocenters. The second-order valence-electron chi connectivity index (χ2n) is 12.5. The fraction of sp³-hybridized carbons (Fsp3) is 0.500. The molecule has 0 amide bonds. The van der Waals surface area contributed by atoms with E-state index >= 15 is 0 Å². The maximum Gasteiger partial charge on any atom is 0.336 e. The normalized spacial score (nSPS) is 23.6. The molecule has 9 heteroatoms. The molecule has 0 spiro atoms. The summed E-state index contributed by atoms with van der Waals surface area (Å²) in [5.41, 5.74) is 3.31. The summed E-state index contributed by atoms with van der Waals surface area (Å²) in [6.07, 6.45) is 9.65. The van der Waals surface area contributed by atoms with Gasteiger partial charge in [0.15, 0.2) is 5.82 Å². The van der Waals surface area contributed by atoms with Gasteiger partial charge in [-0.3, -0.25) is 4.90 Å². The smallest absolute Gasteiger partial charge is 0.336 e. The Morgan fingerprint density at radius 3 is 2.63 bits per heavy atom.